The fourth-order valence-electron chi connectivity index (χ4n) is 2.09. The van der Waals surface area contributed by atoms with E-state index in [4.69, 9.17) is 16.0 Å². The van der Waals surface area contributed by atoms with E-state index in [1.54, 1.807) is 10.9 Å². The van der Waals surface area contributed by atoms with Crippen molar-refractivity contribution >= 4 is 17.5 Å². The molecule has 0 fully saturated rings. The Morgan fingerprint density at radius 2 is 2.04 bits per heavy atom. The molecule has 23 heavy (non-hydrogen) atoms. The number of hydrogen-bond acceptors (Lipinski definition) is 4. The Balaban J connectivity index is 1.59. The van der Waals surface area contributed by atoms with Crippen LogP contribution in [0.3, 0.4) is 0 Å². The van der Waals surface area contributed by atoms with E-state index in [1.165, 1.54) is 0 Å². The molecule has 0 radical (unpaired) electrons. The zero-order valence-electron chi connectivity index (χ0n) is 12.5. The normalized spacial score (nSPS) is 10.7. The molecule has 7 heteroatoms. The molecular weight excluding hydrogens is 316 g/mol. The maximum Gasteiger partial charge on any atom is 0.273 e. The lowest BCUT2D eigenvalue weighted by atomic mass is 10.2. The predicted octanol–water partition coefficient (Wildman–Crippen LogP) is 2.81. The number of aryl methyl sites for hydroxylation is 1. The van der Waals surface area contributed by atoms with Gasteiger partial charge in [0.05, 0.1) is 19.3 Å². The standard InChI is InChI=1S/C16H15ClN4O2/c1-11-2-7-14(23-11)8-18-16(22)15-10-21(20-19-15)9-12-3-5-13(17)6-4-12/h2-7,10H,8-9H2,1H3,(H,18,22). The Kier molecular flexibility index (Phi) is 4.43. The maximum absolute atomic E-state index is 12.0. The summed E-state index contributed by atoms with van der Waals surface area (Å²) in [5.74, 6) is 1.22. The average molecular weight is 331 g/mol. The van der Waals surface area contributed by atoms with Gasteiger partial charge in [-0.1, -0.05) is 28.9 Å². The fraction of sp³-hybridized carbons (Fsp3) is 0.188. The summed E-state index contributed by atoms with van der Waals surface area (Å²) in [4.78, 5) is 12.0. The van der Waals surface area contributed by atoms with E-state index >= 15 is 0 Å². The van der Waals surface area contributed by atoms with Crippen LogP contribution < -0.4 is 5.32 Å². The van der Waals surface area contributed by atoms with Crippen molar-refractivity contribution in [3.05, 3.63) is 70.4 Å². The van der Waals surface area contributed by atoms with Crippen LogP contribution >= 0.6 is 11.6 Å². The van der Waals surface area contributed by atoms with Crippen LogP contribution in [0.2, 0.25) is 5.02 Å². The SMILES string of the molecule is Cc1ccc(CNC(=O)c2cn(Cc3ccc(Cl)cc3)nn2)o1. The van der Waals surface area contributed by atoms with Crippen LogP contribution in [0.25, 0.3) is 0 Å². The van der Waals surface area contributed by atoms with Crippen molar-refractivity contribution in [2.45, 2.75) is 20.0 Å². The minimum Gasteiger partial charge on any atom is -0.465 e. The number of furan rings is 1. The number of nitrogens with one attached hydrogen (secondary N) is 1. The summed E-state index contributed by atoms with van der Waals surface area (Å²) < 4.78 is 7.00. The largest absolute Gasteiger partial charge is 0.465 e. The van der Waals surface area contributed by atoms with Gasteiger partial charge >= 0.3 is 0 Å². The quantitative estimate of drug-likeness (QED) is 0.780. The average Bonchev–Trinajstić information content (AvgIpc) is 3.16. The van der Waals surface area contributed by atoms with Crippen molar-refractivity contribution in [2.75, 3.05) is 0 Å². The summed E-state index contributed by atoms with van der Waals surface area (Å²) in [7, 11) is 0. The van der Waals surface area contributed by atoms with Crippen molar-refractivity contribution in [1.82, 2.24) is 20.3 Å². The minimum atomic E-state index is -0.290. The molecule has 2 aromatic heterocycles. The molecule has 0 spiro atoms. The first-order valence-corrected chi connectivity index (χ1v) is 7.46. The number of carbonyl (C=O) groups excluding carboxylic acids is 1. The smallest absolute Gasteiger partial charge is 0.273 e. The van der Waals surface area contributed by atoms with E-state index in [0.29, 0.717) is 23.9 Å². The van der Waals surface area contributed by atoms with Gasteiger partial charge in [-0.3, -0.25) is 4.79 Å². The van der Waals surface area contributed by atoms with E-state index < -0.39 is 0 Å². The van der Waals surface area contributed by atoms with Gasteiger partial charge in [0, 0.05) is 5.02 Å². The topological polar surface area (TPSA) is 73.0 Å². The molecule has 0 aliphatic heterocycles. The van der Waals surface area contributed by atoms with Crippen molar-refractivity contribution in [3.63, 3.8) is 0 Å². The van der Waals surface area contributed by atoms with Gasteiger partial charge in [-0.15, -0.1) is 5.10 Å². The first-order chi connectivity index (χ1) is 11.1. The molecule has 0 atom stereocenters. The third-order valence-electron chi connectivity index (χ3n) is 3.25. The van der Waals surface area contributed by atoms with Gasteiger partial charge in [-0.25, -0.2) is 4.68 Å². The van der Waals surface area contributed by atoms with Gasteiger partial charge in [-0.2, -0.15) is 0 Å². The second-order valence-electron chi connectivity index (χ2n) is 5.12. The maximum atomic E-state index is 12.0. The molecule has 0 saturated heterocycles. The lowest BCUT2D eigenvalue weighted by Gasteiger charge is -2.01. The first-order valence-electron chi connectivity index (χ1n) is 7.08. The third kappa shape index (κ3) is 3.98. The number of benzene rings is 1. The van der Waals surface area contributed by atoms with Crippen LogP contribution in [-0.4, -0.2) is 20.9 Å². The van der Waals surface area contributed by atoms with E-state index in [9.17, 15) is 4.79 Å². The highest BCUT2D eigenvalue weighted by molar-refractivity contribution is 6.30. The predicted molar refractivity (Wildman–Crippen MR) is 85.2 cm³/mol. The first kappa shape index (κ1) is 15.3. The Morgan fingerprint density at radius 1 is 1.26 bits per heavy atom. The number of halogens is 1. The molecule has 6 nitrogen and oxygen atoms in total. The zero-order chi connectivity index (χ0) is 16.2. The van der Waals surface area contributed by atoms with Crippen LogP contribution in [0.1, 0.15) is 27.6 Å². The Hall–Kier alpha value is -2.60. The zero-order valence-corrected chi connectivity index (χ0v) is 13.2. The molecule has 1 N–H and O–H groups in total. The number of hydrogen-bond donors (Lipinski definition) is 1. The molecule has 118 valence electrons. The summed E-state index contributed by atoms with van der Waals surface area (Å²) in [5.41, 5.74) is 1.29. The van der Waals surface area contributed by atoms with E-state index in [1.807, 2.05) is 43.3 Å². The molecule has 0 unspecified atom stereocenters. The molecular formula is C16H15ClN4O2. The summed E-state index contributed by atoms with van der Waals surface area (Å²) in [6.07, 6.45) is 1.61. The van der Waals surface area contributed by atoms with Gasteiger partial charge < -0.3 is 9.73 Å². The fourth-order valence-corrected chi connectivity index (χ4v) is 2.22. The lowest BCUT2D eigenvalue weighted by Crippen LogP contribution is -2.22. The van der Waals surface area contributed by atoms with Crippen LogP contribution in [0.4, 0.5) is 0 Å². The Bertz CT molecular complexity index is 808. The molecule has 2 heterocycles. The highest BCUT2D eigenvalue weighted by Crippen LogP contribution is 2.10. The van der Waals surface area contributed by atoms with Gasteiger partial charge in [0.2, 0.25) is 0 Å². The summed E-state index contributed by atoms with van der Waals surface area (Å²) >= 11 is 5.85. The van der Waals surface area contributed by atoms with Crippen LogP contribution in [0.15, 0.2) is 47.0 Å². The highest BCUT2D eigenvalue weighted by atomic mass is 35.5. The van der Waals surface area contributed by atoms with E-state index in [0.717, 1.165) is 11.3 Å². The summed E-state index contributed by atoms with van der Waals surface area (Å²) in [5, 5.41) is 11.3. The molecule has 0 saturated carbocycles. The van der Waals surface area contributed by atoms with Gasteiger partial charge in [0.15, 0.2) is 5.69 Å². The summed E-state index contributed by atoms with van der Waals surface area (Å²) in [6.45, 7) is 2.69. The minimum absolute atomic E-state index is 0.266. The number of nitrogens with zero attached hydrogens (tertiary/aromatic N) is 3. The molecule has 0 aliphatic rings. The van der Waals surface area contributed by atoms with Gasteiger partial charge in [-0.05, 0) is 36.8 Å². The Labute approximate surface area is 138 Å². The van der Waals surface area contributed by atoms with Crippen molar-refractivity contribution in [3.8, 4) is 0 Å². The third-order valence-corrected chi connectivity index (χ3v) is 3.50. The Morgan fingerprint density at radius 3 is 2.74 bits per heavy atom. The number of amides is 1. The lowest BCUT2D eigenvalue weighted by molar-refractivity contribution is 0.0942. The molecule has 1 aromatic carbocycles. The number of rotatable bonds is 5. The van der Waals surface area contributed by atoms with Crippen LogP contribution in [0.5, 0.6) is 0 Å². The highest BCUT2D eigenvalue weighted by Gasteiger charge is 2.11. The van der Waals surface area contributed by atoms with E-state index in [2.05, 4.69) is 15.6 Å². The van der Waals surface area contributed by atoms with Gasteiger partial charge in [0.1, 0.15) is 11.5 Å². The van der Waals surface area contributed by atoms with Crippen molar-refractivity contribution in [1.29, 1.82) is 0 Å². The molecule has 1 amide bonds. The molecule has 0 bridgehead atoms. The molecule has 3 aromatic rings. The second-order valence-corrected chi connectivity index (χ2v) is 5.56. The van der Waals surface area contributed by atoms with Crippen molar-refractivity contribution < 1.29 is 9.21 Å². The van der Waals surface area contributed by atoms with Crippen molar-refractivity contribution in [2.24, 2.45) is 0 Å². The summed E-state index contributed by atoms with van der Waals surface area (Å²) in [6, 6.07) is 11.1. The monoisotopic (exact) mass is 330 g/mol. The molecule has 3 rings (SSSR count). The number of carbonyl (C=O) groups is 1. The van der Waals surface area contributed by atoms with Crippen LogP contribution in [0, 0.1) is 6.92 Å². The van der Waals surface area contributed by atoms with E-state index in [-0.39, 0.29) is 11.6 Å². The van der Waals surface area contributed by atoms with Gasteiger partial charge in [0.25, 0.3) is 5.91 Å². The second kappa shape index (κ2) is 6.66. The molecule has 0 aliphatic carbocycles. The number of aromatic nitrogens is 3. The van der Waals surface area contributed by atoms with Crippen LogP contribution in [-0.2, 0) is 13.1 Å².